The number of rotatable bonds is 21. The van der Waals surface area contributed by atoms with Crippen molar-refractivity contribution < 1.29 is 126 Å². The van der Waals surface area contributed by atoms with Gasteiger partial charge in [-0.3, -0.25) is 14.4 Å². The monoisotopic (exact) mass is 1370 g/mol. The lowest BCUT2D eigenvalue weighted by molar-refractivity contribution is -0.253. The van der Waals surface area contributed by atoms with Gasteiger partial charge in [0, 0.05) is 43.0 Å². The molecule has 0 radical (unpaired) electrons. The molecule has 10 nitrogen and oxygen atoms in total. The van der Waals surface area contributed by atoms with E-state index in [0.29, 0.717) is 59.7 Å². The lowest BCUT2D eigenvalue weighted by atomic mass is 9.77. The van der Waals surface area contributed by atoms with E-state index in [9.17, 15) is 103 Å². The highest BCUT2D eigenvalue weighted by atomic mass is 19.4. The Morgan fingerprint density at radius 2 is 0.854 bits per heavy atom. The van der Waals surface area contributed by atoms with E-state index in [1.54, 1.807) is 24.3 Å². The zero-order valence-corrected chi connectivity index (χ0v) is 48.7. The first-order chi connectivity index (χ1) is 44.8. The zero-order chi connectivity index (χ0) is 71.3. The van der Waals surface area contributed by atoms with E-state index in [1.165, 1.54) is 43.3 Å². The molecule has 0 aromatic heterocycles. The summed E-state index contributed by atoms with van der Waals surface area (Å²) >= 11 is 0. The van der Waals surface area contributed by atoms with Crippen molar-refractivity contribution in [1.29, 1.82) is 0 Å². The molecule has 0 aliphatic carbocycles. The number of alkyl halides is 14. The molecule has 2 amide bonds. The number of phenolic OH excluding ortho intramolecular Hbond substituents is 1. The number of hydrogen-bond donors (Lipinski definition) is 3. The van der Waals surface area contributed by atoms with Gasteiger partial charge in [0.05, 0.1) is 34.7 Å². The molecule has 8 rings (SSSR count). The third kappa shape index (κ3) is 18.9. The predicted octanol–water partition coefficient (Wildman–Crippen LogP) is 17.5. The molecule has 0 saturated heterocycles. The second-order valence-electron chi connectivity index (χ2n) is 20.1. The van der Waals surface area contributed by atoms with Crippen LogP contribution in [-0.2, 0) is 45.8 Å². The lowest BCUT2D eigenvalue weighted by Gasteiger charge is -2.37. The molecule has 8 aromatic carbocycles. The van der Waals surface area contributed by atoms with Crippen molar-refractivity contribution in [2.75, 3.05) is 0 Å². The highest BCUT2D eigenvalue weighted by Gasteiger charge is 2.47. The van der Waals surface area contributed by atoms with E-state index in [2.05, 4.69) is 38.0 Å². The Bertz CT molecular complexity index is 4080. The fourth-order valence-corrected chi connectivity index (χ4v) is 9.21. The average molecular weight is 1380 g/mol. The highest BCUT2D eigenvalue weighted by Crippen LogP contribution is 2.43. The molecule has 30 heteroatoms. The van der Waals surface area contributed by atoms with Crippen molar-refractivity contribution in [2.24, 2.45) is 0 Å². The van der Waals surface area contributed by atoms with Crippen LogP contribution in [0.1, 0.15) is 72.1 Å². The van der Waals surface area contributed by atoms with E-state index in [-0.39, 0.29) is 29.2 Å². The fourth-order valence-electron chi connectivity index (χ4n) is 9.21. The normalized spacial score (nSPS) is 12.9. The molecule has 508 valence electrons. The topological polar surface area (TPSA) is 132 Å². The van der Waals surface area contributed by atoms with Gasteiger partial charge in [0.15, 0.2) is 23.1 Å². The Morgan fingerprint density at radius 3 is 1.20 bits per heavy atom. The van der Waals surface area contributed by atoms with Crippen LogP contribution in [0, 0.1) is 34.9 Å². The molecule has 0 bridgehead atoms. The molecule has 96 heavy (non-hydrogen) atoms. The Kier molecular flexibility index (Phi) is 23.8. The van der Waals surface area contributed by atoms with Crippen LogP contribution in [0.15, 0.2) is 196 Å². The summed E-state index contributed by atoms with van der Waals surface area (Å²) in [5.74, 6) is -14.8. The number of benzene rings is 8. The highest BCUT2D eigenvalue weighted by molar-refractivity contribution is 5.96. The summed E-state index contributed by atoms with van der Waals surface area (Å²) in [4.78, 5) is 37.0. The molecule has 0 unspecified atom stereocenters. The van der Waals surface area contributed by atoms with Crippen LogP contribution >= 0.6 is 0 Å². The maximum Gasteiger partial charge on any atom is 0.461 e. The summed E-state index contributed by atoms with van der Waals surface area (Å²) < 4.78 is 292. The van der Waals surface area contributed by atoms with Crippen LogP contribution in [0.25, 0.3) is 0 Å². The van der Waals surface area contributed by atoms with Crippen molar-refractivity contribution in [3.63, 3.8) is 0 Å². The Morgan fingerprint density at radius 1 is 0.469 bits per heavy atom. The standard InChI is InChI=1S/C32H21F10NO3.C30H19F10NO3.C4H6O2/c1-2-45-27-15-20(9-11-26(27)35)30(17-18-6-4-3-5-7-18,21-13-22(33)16-23(14-21)46-32(41,42)29(36)37)43-28(44)19-8-10-25(34)24(12-19)31(38,39)40;31-20-11-19(12-21(14-20)44-30(39,40)27(34)35)28(15-16-4-2-1-3-5-16,18-7-9-24(33)25(42)13-18)41-26(43)17-6-8-23(32)22(10-17)29(36,37)38;1-3-6-4(2)5/h2-16,29H,1,17H2,(H,43,44);1-14,27,42H,15H2,(H,41,43);3H,1H2,2H3/t30-;28-;/m11./s1. The van der Waals surface area contributed by atoms with E-state index in [4.69, 9.17) is 4.74 Å². The number of nitrogens with one attached hydrogen (secondary N) is 2. The largest absolute Gasteiger partial charge is 0.505 e. The van der Waals surface area contributed by atoms with Crippen molar-refractivity contribution >= 4 is 17.8 Å². The number of ether oxygens (including phenoxy) is 4. The fraction of sp³-hybridized carbons (Fsp3) is 0.167. The second kappa shape index (κ2) is 30.7. The third-order valence-electron chi connectivity index (χ3n) is 13.4. The molecule has 3 N–H and O–H groups in total. The zero-order valence-electron chi connectivity index (χ0n) is 48.7. The van der Waals surface area contributed by atoms with Crippen molar-refractivity contribution in [2.45, 2.75) is 68.3 Å². The van der Waals surface area contributed by atoms with Gasteiger partial charge in [0.25, 0.3) is 11.8 Å². The lowest BCUT2D eigenvalue weighted by Crippen LogP contribution is -2.49. The van der Waals surface area contributed by atoms with Gasteiger partial charge >= 0.3 is 43.4 Å². The van der Waals surface area contributed by atoms with Crippen LogP contribution in [-0.4, -0.2) is 48.0 Å². The van der Waals surface area contributed by atoms with Crippen LogP contribution in [0.3, 0.4) is 0 Å². The first kappa shape index (κ1) is 74.5. The Balaban J connectivity index is 0.000000280. The van der Waals surface area contributed by atoms with Gasteiger partial charge in [0.1, 0.15) is 34.8 Å². The van der Waals surface area contributed by atoms with Gasteiger partial charge < -0.3 is 34.7 Å². The molecule has 8 aromatic rings. The van der Waals surface area contributed by atoms with E-state index >= 15 is 4.39 Å². The summed E-state index contributed by atoms with van der Waals surface area (Å²) in [6.07, 6.45) is -28.2. The number of phenols is 1. The summed E-state index contributed by atoms with van der Waals surface area (Å²) in [7, 11) is 0. The molecular weight excluding hydrogens is 1330 g/mol. The smallest absolute Gasteiger partial charge is 0.461 e. The number of aromatic hydroxyl groups is 1. The van der Waals surface area contributed by atoms with Gasteiger partial charge in [-0.15, -0.1) is 0 Å². The molecule has 0 saturated carbocycles. The van der Waals surface area contributed by atoms with Crippen LogP contribution in [0.2, 0.25) is 0 Å². The minimum absolute atomic E-state index is 0.140. The van der Waals surface area contributed by atoms with Crippen LogP contribution in [0.5, 0.6) is 23.0 Å². The van der Waals surface area contributed by atoms with Crippen LogP contribution in [0.4, 0.5) is 87.8 Å². The summed E-state index contributed by atoms with van der Waals surface area (Å²) in [5.41, 5.74) is -10.1. The van der Waals surface area contributed by atoms with Gasteiger partial charge in [0.2, 0.25) is 0 Å². The second-order valence-corrected chi connectivity index (χ2v) is 20.1. The minimum Gasteiger partial charge on any atom is -0.505 e. The molecule has 0 heterocycles. The quantitative estimate of drug-likeness (QED) is 0.0368. The first-order valence-electron chi connectivity index (χ1n) is 27.0. The number of amides is 2. The molecular formula is C66H46F20N2O8. The SMILES string of the molecule is C=COC(C)=O.C=COc1cc([C@@](Cc2ccccc2)(NC(=O)c2ccc(F)c(C(F)(F)F)c2)c2cc(F)cc(OC(F)(F)C(F)F)c2)ccc1F.O=C(N[C@@](Cc1ccccc1)(c1cc(F)cc(OC(F)(F)C(F)F)c1)c1ccc(F)c(O)c1)c1ccc(F)c(C(F)(F)F)c1. The third-order valence-corrected chi connectivity index (χ3v) is 13.4. The number of hydrogen-bond acceptors (Lipinski definition) is 8. The number of halogens is 20. The Hall–Kier alpha value is -10.6. The van der Waals surface area contributed by atoms with Crippen molar-refractivity contribution in [3.05, 3.63) is 286 Å². The van der Waals surface area contributed by atoms with Gasteiger partial charge in [-0.25, -0.2) is 26.3 Å². The Labute approximate surface area is 530 Å². The van der Waals surface area contributed by atoms with E-state index in [0.717, 1.165) is 61.1 Å². The van der Waals surface area contributed by atoms with Crippen LogP contribution < -0.4 is 24.8 Å². The molecule has 0 aliphatic rings. The van der Waals surface area contributed by atoms with E-state index < -0.39 is 164 Å². The molecule has 0 fully saturated rings. The van der Waals surface area contributed by atoms with Crippen molar-refractivity contribution in [1.82, 2.24) is 10.6 Å². The first-order valence-corrected chi connectivity index (χ1v) is 27.0. The number of carbonyl (C=O) groups excluding carboxylic acids is 3. The average Bonchev–Trinajstić information content (AvgIpc) is 0.759. The predicted molar refractivity (Wildman–Crippen MR) is 303 cm³/mol. The maximum absolute atomic E-state index is 15.1. The van der Waals surface area contributed by atoms with Gasteiger partial charge in [-0.05, 0) is 118 Å². The van der Waals surface area contributed by atoms with Crippen molar-refractivity contribution in [3.8, 4) is 23.0 Å². The molecule has 2 atom stereocenters. The number of esters is 1. The maximum atomic E-state index is 15.1. The minimum atomic E-state index is -5.21. The number of carbonyl (C=O) groups is 3. The molecule has 0 spiro atoms. The van der Waals surface area contributed by atoms with Gasteiger partial charge in [-0.2, -0.15) is 61.5 Å². The molecule has 0 aliphatic heterocycles. The summed E-state index contributed by atoms with van der Waals surface area (Å²) in [6, 6.07) is 27.0. The summed E-state index contributed by atoms with van der Waals surface area (Å²) in [6.45, 7) is 7.81. The van der Waals surface area contributed by atoms with E-state index in [1.807, 2.05) is 0 Å². The summed E-state index contributed by atoms with van der Waals surface area (Å²) in [5, 5.41) is 15.0. The van der Waals surface area contributed by atoms with Gasteiger partial charge in [-0.1, -0.05) is 86.0 Å².